The molecule has 0 saturated carbocycles. The lowest BCUT2D eigenvalue weighted by atomic mass is 10.2. The van der Waals surface area contributed by atoms with Gasteiger partial charge in [-0.2, -0.15) is 0 Å². The second-order valence-corrected chi connectivity index (χ2v) is 5.92. The second kappa shape index (κ2) is 6.32. The molecule has 0 bridgehead atoms. The molecule has 1 saturated heterocycles. The van der Waals surface area contributed by atoms with Crippen LogP contribution in [0, 0.1) is 0 Å². The van der Waals surface area contributed by atoms with Crippen molar-refractivity contribution in [3.63, 3.8) is 0 Å². The molecule has 1 aromatic heterocycles. The summed E-state index contributed by atoms with van der Waals surface area (Å²) in [6.07, 6.45) is 3.36. The van der Waals surface area contributed by atoms with Crippen molar-refractivity contribution < 1.29 is 14.6 Å². The maximum absolute atomic E-state index is 10.6. The van der Waals surface area contributed by atoms with E-state index in [1.165, 1.54) is 11.0 Å². The van der Waals surface area contributed by atoms with E-state index in [4.69, 9.17) is 9.84 Å². The predicted molar refractivity (Wildman–Crippen MR) is 76.3 cm³/mol. The highest BCUT2D eigenvalue weighted by atomic mass is 32.1. The molecule has 0 aliphatic carbocycles. The Labute approximate surface area is 117 Å². The van der Waals surface area contributed by atoms with Crippen molar-refractivity contribution in [3.05, 3.63) is 28.0 Å². The first kappa shape index (κ1) is 14.2. The van der Waals surface area contributed by atoms with E-state index in [9.17, 15) is 4.79 Å². The van der Waals surface area contributed by atoms with Crippen LogP contribution < -0.4 is 0 Å². The number of hydrogen-bond donors (Lipinski definition) is 1. The molecule has 1 N–H and O–H groups in total. The van der Waals surface area contributed by atoms with Crippen molar-refractivity contribution in [1.29, 1.82) is 0 Å². The second-order valence-electron chi connectivity index (χ2n) is 4.92. The molecule has 2 rings (SSSR count). The fourth-order valence-electron chi connectivity index (χ4n) is 2.41. The number of ether oxygens (including phenoxy) is 1. The molecule has 0 amide bonds. The summed E-state index contributed by atoms with van der Waals surface area (Å²) in [4.78, 5) is 14.1. The molecule has 0 radical (unpaired) electrons. The molecule has 1 fully saturated rings. The average Bonchev–Trinajstić information content (AvgIpc) is 2.72. The molecule has 0 aromatic carbocycles. The van der Waals surface area contributed by atoms with E-state index >= 15 is 0 Å². The van der Waals surface area contributed by atoms with Crippen LogP contribution in [0.1, 0.15) is 24.3 Å². The highest BCUT2D eigenvalue weighted by molar-refractivity contribution is 7.10. The molecule has 1 aromatic rings. The lowest BCUT2D eigenvalue weighted by molar-refractivity contribution is -0.131. The zero-order valence-corrected chi connectivity index (χ0v) is 12.0. The molecular weight excluding hydrogens is 262 g/mol. The third-order valence-corrected chi connectivity index (χ3v) is 3.97. The minimum atomic E-state index is -0.911. The SMILES string of the molecule is CC1CN(Cc2sccc2C=CC(=O)O)CC(C)O1. The van der Waals surface area contributed by atoms with Gasteiger partial charge in [0, 0.05) is 30.6 Å². The van der Waals surface area contributed by atoms with Crippen LogP contribution in [0.15, 0.2) is 17.5 Å². The molecule has 2 unspecified atom stereocenters. The van der Waals surface area contributed by atoms with Crippen molar-refractivity contribution in [3.8, 4) is 0 Å². The smallest absolute Gasteiger partial charge is 0.328 e. The minimum Gasteiger partial charge on any atom is -0.478 e. The number of carboxylic acids is 1. The summed E-state index contributed by atoms with van der Waals surface area (Å²) in [6, 6.07) is 1.97. The van der Waals surface area contributed by atoms with Crippen LogP contribution in [-0.2, 0) is 16.1 Å². The van der Waals surface area contributed by atoms with Crippen molar-refractivity contribution in [2.75, 3.05) is 13.1 Å². The lowest BCUT2D eigenvalue weighted by Crippen LogP contribution is -2.44. The van der Waals surface area contributed by atoms with E-state index < -0.39 is 5.97 Å². The summed E-state index contributed by atoms with van der Waals surface area (Å²) in [6.45, 7) is 6.87. The quantitative estimate of drug-likeness (QED) is 0.861. The molecule has 2 heterocycles. The lowest BCUT2D eigenvalue weighted by Gasteiger charge is -2.35. The molecule has 104 valence electrons. The standard InChI is InChI=1S/C14H19NO3S/c1-10-7-15(8-11(2)18-10)9-13-12(5-6-19-13)3-4-14(16)17/h3-6,10-11H,7-9H2,1-2H3,(H,16,17). The van der Waals surface area contributed by atoms with Crippen molar-refractivity contribution in [2.45, 2.75) is 32.6 Å². The Balaban J connectivity index is 2.03. The van der Waals surface area contributed by atoms with Crippen molar-refractivity contribution >= 4 is 23.4 Å². The van der Waals surface area contributed by atoms with Gasteiger partial charge < -0.3 is 9.84 Å². The first-order valence-corrected chi connectivity index (χ1v) is 7.27. The van der Waals surface area contributed by atoms with Crippen LogP contribution in [0.3, 0.4) is 0 Å². The Morgan fingerprint density at radius 2 is 2.21 bits per heavy atom. The maximum Gasteiger partial charge on any atom is 0.328 e. The summed E-state index contributed by atoms with van der Waals surface area (Å²) in [5.74, 6) is -0.911. The van der Waals surface area contributed by atoms with Gasteiger partial charge in [-0.05, 0) is 36.9 Å². The van der Waals surface area contributed by atoms with Crippen molar-refractivity contribution in [2.24, 2.45) is 0 Å². The monoisotopic (exact) mass is 281 g/mol. The highest BCUT2D eigenvalue weighted by Gasteiger charge is 2.22. The molecular formula is C14H19NO3S. The van der Waals surface area contributed by atoms with Gasteiger partial charge in [0.15, 0.2) is 0 Å². The Bertz CT molecular complexity index is 459. The number of hydrogen-bond acceptors (Lipinski definition) is 4. The van der Waals surface area contributed by atoms with Gasteiger partial charge >= 0.3 is 5.97 Å². The highest BCUT2D eigenvalue weighted by Crippen LogP contribution is 2.22. The van der Waals surface area contributed by atoms with E-state index in [1.54, 1.807) is 17.4 Å². The molecule has 1 aliphatic rings. The molecule has 4 nitrogen and oxygen atoms in total. The Morgan fingerprint density at radius 3 is 2.84 bits per heavy atom. The number of thiophene rings is 1. The summed E-state index contributed by atoms with van der Waals surface area (Å²) in [7, 11) is 0. The fraction of sp³-hybridized carbons (Fsp3) is 0.500. The third-order valence-electron chi connectivity index (χ3n) is 3.05. The maximum atomic E-state index is 10.6. The zero-order chi connectivity index (χ0) is 13.8. The van der Waals surface area contributed by atoms with Crippen LogP contribution in [-0.4, -0.2) is 41.3 Å². The summed E-state index contributed by atoms with van der Waals surface area (Å²) in [5.41, 5.74) is 0.999. The molecule has 19 heavy (non-hydrogen) atoms. The van der Waals surface area contributed by atoms with Crippen molar-refractivity contribution in [1.82, 2.24) is 4.90 Å². The van der Waals surface area contributed by atoms with Gasteiger partial charge in [0.05, 0.1) is 12.2 Å². The zero-order valence-electron chi connectivity index (χ0n) is 11.2. The van der Waals surface area contributed by atoms with Crippen LogP contribution >= 0.6 is 11.3 Å². The topological polar surface area (TPSA) is 49.8 Å². The average molecular weight is 281 g/mol. The van der Waals surface area contributed by atoms with Gasteiger partial charge in [0.2, 0.25) is 0 Å². The van der Waals surface area contributed by atoms with Gasteiger partial charge in [0.25, 0.3) is 0 Å². The Hall–Kier alpha value is -1.17. The normalized spacial score (nSPS) is 24.9. The van der Waals surface area contributed by atoms with Crippen LogP contribution in [0.25, 0.3) is 6.08 Å². The van der Waals surface area contributed by atoms with Gasteiger partial charge in [-0.15, -0.1) is 11.3 Å². The number of nitrogens with zero attached hydrogens (tertiary/aromatic N) is 1. The first-order valence-electron chi connectivity index (χ1n) is 6.40. The summed E-state index contributed by atoms with van der Waals surface area (Å²) < 4.78 is 5.71. The number of morpholine rings is 1. The van der Waals surface area contributed by atoms with Crippen LogP contribution in [0.5, 0.6) is 0 Å². The number of carboxylic acid groups (broad SMARTS) is 1. The Morgan fingerprint density at radius 1 is 1.53 bits per heavy atom. The van der Waals surface area contributed by atoms with E-state index in [-0.39, 0.29) is 12.2 Å². The predicted octanol–water partition coefficient (Wildman–Crippen LogP) is 2.46. The van der Waals surface area contributed by atoms with Gasteiger partial charge in [0.1, 0.15) is 0 Å². The van der Waals surface area contributed by atoms with Gasteiger partial charge in [-0.1, -0.05) is 0 Å². The summed E-state index contributed by atoms with van der Waals surface area (Å²) in [5, 5.41) is 10.7. The third kappa shape index (κ3) is 4.16. The van der Waals surface area contributed by atoms with E-state index in [2.05, 4.69) is 18.7 Å². The molecule has 1 aliphatic heterocycles. The largest absolute Gasteiger partial charge is 0.478 e. The van der Waals surface area contributed by atoms with Gasteiger partial charge in [-0.25, -0.2) is 4.79 Å². The minimum absolute atomic E-state index is 0.252. The summed E-state index contributed by atoms with van der Waals surface area (Å²) >= 11 is 1.67. The first-order chi connectivity index (χ1) is 9.04. The van der Waals surface area contributed by atoms with E-state index in [0.717, 1.165) is 25.2 Å². The number of rotatable bonds is 4. The fourth-order valence-corrected chi connectivity index (χ4v) is 3.31. The number of aliphatic carboxylic acids is 1. The Kier molecular flexibility index (Phi) is 4.74. The van der Waals surface area contributed by atoms with Gasteiger partial charge in [-0.3, -0.25) is 4.90 Å². The van der Waals surface area contributed by atoms with E-state index in [1.807, 2.05) is 11.4 Å². The van der Waals surface area contributed by atoms with E-state index in [0.29, 0.717) is 0 Å². The molecule has 5 heteroatoms. The molecule has 0 spiro atoms. The molecule has 2 atom stereocenters. The number of carbonyl (C=O) groups is 1. The van der Waals surface area contributed by atoms with Crippen LogP contribution in [0.4, 0.5) is 0 Å². The van der Waals surface area contributed by atoms with Crippen LogP contribution in [0.2, 0.25) is 0 Å².